The molecule has 2 unspecified atom stereocenters. The highest BCUT2D eigenvalue weighted by atomic mass is 16.3. The first-order valence-corrected chi connectivity index (χ1v) is 5.59. The van der Waals surface area contributed by atoms with E-state index in [-0.39, 0.29) is 11.8 Å². The van der Waals surface area contributed by atoms with Crippen molar-refractivity contribution in [2.24, 2.45) is 11.8 Å². The Balaban J connectivity index is 2.10. The maximum absolute atomic E-state index is 11.5. The van der Waals surface area contributed by atoms with E-state index in [1.54, 1.807) is 7.85 Å². The van der Waals surface area contributed by atoms with E-state index < -0.39 is 0 Å². The average molecular weight is 197 g/mol. The first-order chi connectivity index (χ1) is 7.24. The normalized spacial score (nSPS) is 37.9. The standard InChI is InChI=1S/C10H18BNO2/c11-10(14)12-5-7-3-1-2-4-8(7)9(12)6-13/h7-9,13H,1-6,11H2/t7?,8?,9-/m1/s1/i13T. The molecule has 2 rings (SSSR count). The third-order valence-corrected chi connectivity index (χ3v) is 3.87. The van der Waals surface area contributed by atoms with E-state index in [9.17, 15) is 4.79 Å². The van der Waals surface area contributed by atoms with Crippen LogP contribution in [-0.2, 0) is 0 Å². The molecule has 0 spiro atoms. The van der Waals surface area contributed by atoms with Crippen LogP contribution in [0.25, 0.3) is 0 Å². The number of likely N-dealkylation sites (tertiary alicyclic amines) is 1. The van der Waals surface area contributed by atoms with Gasteiger partial charge in [-0.25, -0.2) is 0 Å². The smallest absolute Gasteiger partial charge is 0.215 e. The monoisotopic (exact) mass is 197 g/mol. The van der Waals surface area contributed by atoms with Crippen molar-refractivity contribution < 1.29 is 9.90 Å². The van der Waals surface area contributed by atoms with Crippen molar-refractivity contribution in [1.29, 1.82) is 1.43 Å². The summed E-state index contributed by atoms with van der Waals surface area (Å²) in [6.07, 6.45) is 4.99. The second-order valence-electron chi connectivity index (χ2n) is 4.61. The summed E-state index contributed by atoms with van der Waals surface area (Å²) >= 11 is 0. The van der Waals surface area contributed by atoms with Gasteiger partial charge in [0.2, 0.25) is 9.28 Å². The highest BCUT2D eigenvalue weighted by Crippen LogP contribution is 2.40. The van der Waals surface area contributed by atoms with Crippen LogP contribution < -0.4 is 0 Å². The van der Waals surface area contributed by atoms with Gasteiger partial charge in [-0.05, 0) is 24.7 Å². The topological polar surface area (TPSA) is 40.5 Å². The van der Waals surface area contributed by atoms with Crippen molar-refractivity contribution in [2.45, 2.75) is 31.7 Å². The van der Waals surface area contributed by atoms with E-state index >= 15 is 0 Å². The van der Waals surface area contributed by atoms with Gasteiger partial charge >= 0.3 is 0 Å². The summed E-state index contributed by atoms with van der Waals surface area (Å²) in [6.45, 7) is 1.26. The van der Waals surface area contributed by atoms with E-state index in [2.05, 4.69) is 5.11 Å². The molecule has 1 saturated heterocycles. The molecule has 1 amide bonds. The lowest BCUT2D eigenvalue weighted by molar-refractivity contribution is 0.143. The number of nitrogens with zero attached hydrogens (tertiary/aromatic N) is 1. The molecule has 0 aromatic heterocycles. The van der Waals surface area contributed by atoms with E-state index in [1.807, 2.05) is 4.90 Å². The zero-order chi connectivity index (χ0) is 10.8. The molecule has 3 atom stereocenters. The van der Waals surface area contributed by atoms with Gasteiger partial charge in [-0.3, -0.25) is 4.79 Å². The molecule has 0 radical (unpaired) electrons. The molecule has 4 heteroatoms. The summed E-state index contributed by atoms with van der Waals surface area (Å²) in [4.78, 5) is 13.4. The van der Waals surface area contributed by atoms with Crippen LogP contribution in [0.5, 0.6) is 0 Å². The fourth-order valence-electron chi connectivity index (χ4n) is 3.16. The van der Waals surface area contributed by atoms with Gasteiger partial charge in [0.15, 0.2) is 5.81 Å². The van der Waals surface area contributed by atoms with Crippen LogP contribution in [-0.4, -0.2) is 44.3 Å². The van der Waals surface area contributed by atoms with Crippen LogP contribution >= 0.6 is 0 Å². The second kappa shape index (κ2) is 3.93. The summed E-state index contributed by atoms with van der Waals surface area (Å²) in [6, 6.07) is 0.158. The Morgan fingerprint density at radius 3 is 3.07 bits per heavy atom. The van der Waals surface area contributed by atoms with Crippen LogP contribution in [0.2, 0.25) is 0 Å². The largest absolute Gasteiger partial charge is 0.394 e. The number of aliphatic hydroxyl groups is 1. The minimum absolute atomic E-state index is 0.131. The Hall–Kier alpha value is -0.505. The molecule has 2 aliphatic rings. The van der Waals surface area contributed by atoms with Crippen LogP contribution in [0, 0.1) is 11.8 Å². The number of amides is 1. The Bertz CT molecular complexity index is 252. The lowest BCUT2D eigenvalue weighted by Crippen LogP contribution is -2.39. The number of carbonyl (C=O) groups excluding carboxylic acids is 1. The van der Waals surface area contributed by atoms with Gasteiger partial charge in [0, 0.05) is 6.54 Å². The van der Waals surface area contributed by atoms with E-state index in [4.69, 9.17) is 1.43 Å². The molecule has 0 aromatic rings. The Morgan fingerprint density at radius 2 is 2.36 bits per heavy atom. The maximum atomic E-state index is 11.5. The molecule has 14 heavy (non-hydrogen) atoms. The summed E-state index contributed by atoms with van der Waals surface area (Å²) in [5.74, 6) is 1.36. The minimum Gasteiger partial charge on any atom is -0.394 e. The molecule has 1 heterocycles. The lowest BCUT2D eigenvalue weighted by Gasteiger charge is -2.28. The molecule has 78 valence electrons. The number of fused-ring (bicyclic) bond motifs is 1. The SMILES string of the molecule is [3H]OC[C@@H]1C2CCCCC2CN1C(B)=O. The molecule has 1 saturated carbocycles. The highest BCUT2D eigenvalue weighted by Gasteiger charge is 2.42. The summed E-state index contributed by atoms with van der Waals surface area (Å²) in [7, 11) is 1.62. The molecule has 2 fully saturated rings. The van der Waals surface area contributed by atoms with E-state index in [0.717, 1.165) is 6.54 Å². The second-order valence-corrected chi connectivity index (χ2v) is 4.61. The minimum atomic E-state index is 0.131. The van der Waals surface area contributed by atoms with Gasteiger partial charge in [0.05, 0.1) is 12.6 Å². The van der Waals surface area contributed by atoms with Crippen LogP contribution in [0.3, 0.4) is 0 Å². The van der Waals surface area contributed by atoms with Crippen molar-refractivity contribution >= 4 is 13.7 Å². The van der Waals surface area contributed by atoms with Crippen LogP contribution in [0.4, 0.5) is 4.79 Å². The summed E-state index contributed by atoms with van der Waals surface area (Å²) in [5, 5.41) is 4.51. The van der Waals surface area contributed by atoms with Crippen LogP contribution in [0.1, 0.15) is 25.7 Å². The lowest BCUT2D eigenvalue weighted by atomic mass is 9.79. The number of carbonyl (C=O) groups is 1. The zero-order valence-corrected chi connectivity index (χ0v) is 8.74. The number of rotatable bonds is 2. The van der Waals surface area contributed by atoms with Crippen molar-refractivity contribution in [2.75, 3.05) is 13.2 Å². The Morgan fingerprint density at radius 1 is 1.57 bits per heavy atom. The van der Waals surface area contributed by atoms with Crippen molar-refractivity contribution in [1.82, 2.24) is 4.90 Å². The van der Waals surface area contributed by atoms with Gasteiger partial charge in [0.25, 0.3) is 0 Å². The molecule has 0 bridgehead atoms. The first kappa shape index (κ1) is 8.78. The van der Waals surface area contributed by atoms with E-state index in [1.165, 1.54) is 25.7 Å². The maximum Gasteiger partial charge on any atom is 0.215 e. The predicted octanol–water partition coefficient (Wildman–Crippen LogP) is 0.222. The third-order valence-electron chi connectivity index (χ3n) is 3.87. The molecule has 3 nitrogen and oxygen atoms in total. The fraction of sp³-hybridized carbons (Fsp3) is 0.900. The number of hydrogen-bond donors (Lipinski definition) is 1. The summed E-state index contributed by atoms with van der Waals surface area (Å²) < 4.78 is 6.87. The number of hydrogen-bond acceptors (Lipinski definition) is 2. The third kappa shape index (κ3) is 1.56. The first-order valence-electron chi connectivity index (χ1n) is 6.00. The molecule has 1 aliphatic heterocycles. The average Bonchev–Trinajstić information content (AvgIpc) is 2.58. The van der Waals surface area contributed by atoms with Crippen molar-refractivity contribution in [3.8, 4) is 0 Å². The van der Waals surface area contributed by atoms with Crippen molar-refractivity contribution in [3.05, 3.63) is 0 Å². The molecular weight excluding hydrogens is 177 g/mol. The highest BCUT2D eigenvalue weighted by molar-refractivity contribution is 6.57. The molecule has 0 aromatic carbocycles. The van der Waals surface area contributed by atoms with Crippen LogP contribution in [0.15, 0.2) is 0 Å². The van der Waals surface area contributed by atoms with Crippen molar-refractivity contribution in [3.63, 3.8) is 0 Å². The predicted molar refractivity (Wildman–Crippen MR) is 57.0 cm³/mol. The molecular formula is C10H18BNO2. The van der Waals surface area contributed by atoms with E-state index in [0.29, 0.717) is 18.4 Å². The van der Waals surface area contributed by atoms with Gasteiger partial charge < -0.3 is 10.0 Å². The zero-order valence-electron chi connectivity index (χ0n) is 9.74. The van der Waals surface area contributed by atoms with Gasteiger partial charge in [0.1, 0.15) is 0 Å². The number of aliphatic hydroxyl groups excluding tert-OH is 1. The van der Waals surface area contributed by atoms with Gasteiger partial charge in [-0.15, -0.1) is 0 Å². The molecule has 1 aliphatic carbocycles. The summed E-state index contributed by atoms with van der Waals surface area (Å²) in [5.41, 5.74) is 0. The Kier molecular flexibility index (Phi) is 2.46. The van der Waals surface area contributed by atoms with Gasteiger partial charge in [-0.2, -0.15) is 0 Å². The Labute approximate surface area is 87.4 Å². The van der Waals surface area contributed by atoms with Gasteiger partial charge in [-0.1, -0.05) is 12.8 Å². The quantitative estimate of drug-likeness (QED) is 0.643. The fourth-order valence-corrected chi connectivity index (χ4v) is 3.16. The molecule has 1 N–H and O–H groups in total.